The molecule has 2 nitrogen and oxygen atoms in total. The molecule has 3 N–H and O–H groups in total. The van der Waals surface area contributed by atoms with E-state index in [4.69, 9.17) is 5.73 Å². The molecule has 0 bridgehead atoms. The van der Waals surface area contributed by atoms with Crippen LogP contribution in [0.4, 0.5) is 0 Å². The molecule has 1 rings (SSSR count). The highest BCUT2D eigenvalue weighted by atomic mass is 16.3. The fourth-order valence-electron chi connectivity index (χ4n) is 1.02. The van der Waals surface area contributed by atoms with Gasteiger partial charge < -0.3 is 10.8 Å². The number of nitrogens with two attached hydrogens (primary N) is 1. The third-order valence-corrected chi connectivity index (χ3v) is 1.79. The van der Waals surface area contributed by atoms with Crippen LogP contribution in [0.1, 0.15) is 11.6 Å². The van der Waals surface area contributed by atoms with Gasteiger partial charge >= 0.3 is 0 Å². The monoisotopic (exact) mass is 163 g/mol. The van der Waals surface area contributed by atoms with E-state index < -0.39 is 6.10 Å². The van der Waals surface area contributed by atoms with Crippen molar-refractivity contribution in [1.82, 2.24) is 0 Å². The first-order chi connectivity index (χ1) is 5.75. The van der Waals surface area contributed by atoms with Crippen molar-refractivity contribution in [2.45, 2.75) is 12.1 Å². The molecule has 1 aromatic carbocycles. The van der Waals surface area contributed by atoms with Gasteiger partial charge in [0.2, 0.25) is 0 Å². The Labute approximate surface area is 72.3 Å². The number of hydrogen-bond donors (Lipinski definition) is 2. The Balaban J connectivity index is 2.78. The van der Waals surface area contributed by atoms with E-state index >= 15 is 0 Å². The van der Waals surface area contributed by atoms with Gasteiger partial charge in [0, 0.05) is 0 Å². The maximum Gasteiger partial charge on any atom is 0.0910 e. The first-order valence-corrected chi connectivity index (χ1v) is 3.87. The molecule has 0 radical (unpaired) electrons. The molecule has 0 heterocycles. The molecule has 1 aromatic rings. The van der Waals surface area contributed by atoms with Crippen molar-refractivity contribution in [1.29, 1.82) is 0 Å². The van der Waals surface area contributed by atoms with Crippen LogP contribution in [0.2, 0.25) is 0 Å². The van der Waals surface area contributed by atoms with Crippen LogP contribution in [0.3, 0.4) is 0 Å². The molecule has 1 unspecified atom stereocenters. The molecule has 0 fully saturated rings. The van der Waals surface area contributed by atoms with Crippen molar-refractivity contribution in [2.24, 2.45) is 5.73 Å². The van der Waals surface area contributed by atoms with Crippen LogP contribution in [-0.4, -0.2) is 11.2 Å². The Bertz CT molecular complexity index is 245. The normalized spacial score (nSPS) is 15.2. The van der Waals surface area contributed by atoms with Crippen molar-refractivity contribution < 1.29 is 5.11 Å². The second-order valence-electron chi connectivity index (χ2n) is 2.66. The topological polar surface area (TPSA) is 46.2 Å². The molecule has 0 saturated carbocycles. The average Bonchev–Trinajstić information content (AvgIpc) is 2.17. The number of aliphatic hydroxyl groups excluding tert-OH is 1. The highest BCUT2D eigenvalue weighted by Crippen LogP contribution is 2.13. The summed E-state index contributed by atoms with van der Waals surface area (Å²) in [5.74, 6) is 0. The van der Waals surface area contributed by atoms with Gasteiger partial charge in [-0.05, 0) is 5.56 Å². The summed E-state index contributed by atoms with van der Waals surface area (Å²) in [6.45, 7) is 3.48. The number of aliphatic hydroxyl groups is 1. The van der Waals surface area contributed by atoms with E-state index in [0.29, 0.717) is 0 Å². The summed E-state index contributed by atoms with van der Waals surface area (Å²) >= 11 is 0. The van der Waals surface area contributed by atoms with Crippen LogP contribution >= 0.6 is 0 Å². The second-order valence-corrected chi connectivity index (χ2v) is 2.66. The van der Waals surface area contributed by atoms with Crippen molar-refractivity contribution >= 4 is 0 Å². The van der Waals surface area contributed by atoms with Gasteiger partial charge in [0.25, 0.3) is 0 Å². The van der Waals surface area contributed by atoms with Crippen LogP contribution in [0, 0.1) is 0 Å². The Kier molecular flexibility index (Phi) is 3.02. The second kappa shape index (κ2) is 4.04. The van der Waals surface area contributed by atoms with Gasteiger partial charge in [0.15, 0.2) is 0 Å². The lowest BCUT2D eigenvalue weighted by atomic mass is 10.0. The van der Waals surface area contributed by atoms with Gasteiger partial charge in [0.1, 0.15) is 0 Å². The van der Waals surface area contributed by atoms with E-state index in [1.807, 2.05) is 30.3 Å². The first kappa shape index (κ1) is 8.97. The van der Waals surface area contributed by atoms with Gasteiger partial charge in [-0.2, -0.15) is 0 Å². The van der Waals surface area contributed by atoms with E-state index in [2.05, 4.69) is 6.58 Å². The van der Waals surface area contributed by atoms with Crippen LogP contribution in [-0.2, 0) is 0 Å². The Morgan fingerprint density at radius 3 is 2.42 bits per heavy atom. The molecule has 2 heteroatoms. The third kappa shape index (κ3) is 1.94. The summed E-state index contributed by atoms with van der Waals surface area (Å²) in [7, 11) is 0. The summed E-state index contributed by atoms with van der Waals surface area (Å²) in [6.07, 6.45) is 0.768. The van der Waals surface area contributed by atoms with Crippen molar-refractivity contribution in [3.63, 3.8) is 0 Å². The summed E-state index contributed by atoms with van der Waals surface area (Å²) in [4.78, 5) is 0. The molecular weight excluding hydrogens is 150 g/mol. The fourth-order valence-corrected chi connectivity index (χ4v) is 1.02. The van der Waals surface area contributed by atoms with Crippen molar-refractivity contribution in [2.75, 3.05) is 0 Å². The molecular formula is C10H13NO. The Morgan fingerprint density at radius 1 is 1.33 bits per heavy atom. The summed E-state index contributed by atoms with van der Waals surface area (Å²) in [5.41, 5.74) is 6.65. The highest BCUT2D eigenvalue weighted by Gasteiger charge is 2.11. The van der Waals surface area contributed by atoms with Crippen LogP contribution in [0.5, 0.6) is 0 Å². The van der Waals surface area contributed by atoms with Gasteiger partial charge in [-0.3, -0.25) is 0 Å². The minimum atomic E-state index is -0.674. The van der Waals surface area contributed by atoms with E-state index in [-0.39, 0.29) is 6.04 Å². The number of rotatable bonds is 3. The minimum Gasteiger partial charge on any atom is -0.387 e. The number of benzene rings is 1. The summed E-state index contributed by atoms with van der Waals surface area (Å²) in [5, 5.41) is 9.34. The predicted molar refractivity (Wildman–Crippen MR) is 49.6 cm³/mol. The maximum absolute atomic E-state index is 9.34. The first-order valence-electron chi connectivity index (χ1n) is 3.87. The minimum absolute atomic E-state index is 0.372. The molecule has 0 spiro atoms. The average molecular weight is 163 g/mol. The Morgan fingerprint density at radius 2 is 1.92 bits per heavy atom. The van der Waals surface area contributed by atoms with Crippen LogP contribution < -0.4 is 5.73 Å². The molecule has 12 heavy (non-hydrogen) atoms. The van der Waals surface area contributed by atoms with E-state index in [9.17, 15) is 5.11 Å². The highest BCUT2D eigenvalue weighted by molar-refractivity contribution is 5.20. The van der Waals surface area contributed by atoms with E-state index in [1.54, 1.807) is 0 Å². The molecule has 0 aliphatic rings. The van der Waals surface area contributed by atoms with Crippen molar-refractivity contribution in [3.8, 4) is 0 Å². The van der Waals surface area contributed by atoms with Gasteiger partial charge in [-0.15, -0.1) is 6.58 Å². The zero-order chi connectivity index (χ0) is 8.97. The summed E-state index contributed by atoms with van der Waals surface area (Å²) < 4.78 is 0. The smallest absolute Gasteiger partial charge is 0.0910 e. The fraction of sp³-hybridized carbons (Fsp3) is 0.200. The van der Waals surface area contributed by atoms with Gasteiger partial charge in [-0.1, -0.05) is 36.4 Å². The summed E-state index contributed by atoms with van der Waals surface area (Å²) in [6, 6.07) is 9.10. The lowest BCUT2D eigenvalue weighted by molar-refractivity contribution is 0.192. The predicted octanol–water partition coefficient (Wildman–Crippen LogP) is 1.23. The molecule has 0 aromatic heterocycles. The molecule has 64 valence electrons. The molecule has 0 amide bonds. The standard InChI is InChI=1S/C10H13NO/c1-2-9(12)10(11)8-6-4-3-5-7-8/h2-7,9-10,12H,1,11H2/t9?,10-/m1/s1. The quantitative estimate of drug-likeness (QED) is 0.658. The zero-order valence-electron chi connectivity index (χ0n) is 6.85. The van der Waals surface area contributed by atoms with E-state index in [1.165, 1.54) is 6.08 Å². The third-order valence-electron chi connectivity index (χ3n) is 1.79. The Hall–Kier alpha value is -1.12. The number of hydrogen-bond acceptors (Lipinski definition) is 2. The van der Waals surface area contributed by atoms with Crippen molar-refractivity contribution in [3.05, 3.63) is 48.6 Å². The SMILES string of the molecule is C=CC(O)[C@H](N)c1ccccc1. The zero-order valence-corrected chi connectivity index (χ0v) is 6.85. The maximum atomic E-state index is 9.34. The lowest BCUT2D eigenvalue weighted by Gasteiger charge is -2.15. The van der Waals surface area contributed by atoms with Crippen LogP contribution in [0.15, 0.2) is 43.0 Å². The van der Waals surface area contributed by atoms with E-state index in [0.717, 1.165) is 5.56 Å². The molecule has 0 aliphatic heterocycles. The van der Waals surface area contributed by atoms with Gasteiger partial charge in [-0.25, -0.2) is 0 Å². The molecule has 0 aliphatic carbocycles. The van der Waals surface area contributed by atoms with Crippen LogP contribution in [0.25, 0.3) is 0 Å². The van der Waals surface area contributed by atoms with Gasteiger partial charge in [0.05, 0.1) is 12.1 Å². The molecule has 0 saturated heterocycles. The molecule has 2 atom stereocenters. The lowest BCUT2D eigenvalue weighted by Crippen LogP contribution is -2.23. The largest absolute Gasteiger partial charge is 0.387 e.